The number of hydrogen-bond acceptors (Lipinski definition) is 11. The molecule has 57 heavy (non-hydrogen) atoms. The molecule has 1 aliphatic heterocycles. The van der Waals surface area contributed by atoms with Gasteiger partial charge >= 0.3 is 0 Å². The first-order chi connectivity index (χ1) is 27.5. The van der Waals surface area contributed by atoms with Crippen molar-refractivity contribution in [2.45, 2.75) is 135 Å². The number of amides is 1. The molecule has 0 radical (unpaired) electrons. The lowest BCUT2D eigenvalue weighted by Crippen LogP contribution is -2.55. The molecule has 1 heterocycles. The number of unbranched alkanes of at least 4 members (excludes halogenated alkanes) is 9. The molecule has 2 aromatic carbocycles. The van der Waals surface area contributed by atoms with E-state index < -0.39 is 22.7 Å². The van der Waals surface area contributed by atoms with Crippen LogP contribution in [0.25, 0.3) is 0 Å². The number of benzene rings is 2. The molecule has 3 rings (SSSR count). The van der Waals surface area contributed by atoms with Crippen LogP contribution in [0.4, 0.5) is 0 Å². The van der Waals surface area contributed by atoms with Gasteiger partial charge < -0.3 is 28.7 Å². The summed E-state index contributed by atoms with van der Waals surface area (Å²) in [6.07, 6.45) is 14.7. The number of ether oxygens (including phenoxy) is 4. The topological polar surface area (TPSA) is 149 Å². The Kier molecular flexibility index (Phi) is 20.8. The van der Waals surface area contributed by atoms with Gasteiger partial charge in [-0.2, -0.15) is 5.26 Å². The summed E-state index contributed by atoms with van der Waals surface area (Å²) in [5.41, 5.74) is 4.03. The Hall–Kier alpha value is -4.28. The van der Waals surface area contributed by atoms with E-state index in [1.54, 1.807) is 33.3 Å². The monoisotopic (exact) mass is 796 g/mol. The number of hydrogen-bond donors (Lipinski definition) is 1. The van der Waals surface area contributed by atoms with Crippen LogP contribution in [0, 0.1) is 27.4 Å². The van der Waals surface area contributed by atoms with E-state index in [4.69, 9.17) is 23.8 Å². The van der Waals surface area contributed by atoms with Gasteiger partial charge in [0.15, 0.2) is 11.5 Å². The number of nitriles is 1. The molecule has 0 saturated carbocycles. The van der Waals surface area contributed by atoms with E-state index in [1.807, 2.05) is 36.4 Å². The zero-order valence-electron chi connectivity index (χ0n) is 35.7. The van der Waals surface area contributed by atoms with Gasteiger partial charge in [0.2, 0.25) is 11.7 Å². The minimum absolute atomic E-state index is 0.181. The van der Waals surface area contributed by atoms with Gasteiger partial charge in [-0.15, -0.1) is 10.1 Å². The lowest BCUT2D eigenvalue weighted by atomic mass is 9.73. The summed E-state index contributed by atoms with van der Waals surface area (Å²) in [7, 11) is 6.90. The number of carbonyl (C=O) groups is 1. The summed E-state index contributed by atoms with van der Waals surface area (Å²) in [5.74, 6) is 1.90. The van der Waals surface area contributed by atoms with Gasteiger partial charge in [0.1, 0.15) is 18.0 Å². The van der Waals surface area contributed by atoms with Crippen LogP contribution in [0.15, 0.2) is 36.4 Å². The molecule has 1 fully saturated rings. The number of hydrazine groups is 1. The number of para-hydroxylation sites is 1. The van der Waals surface area contributed by atoms with Crippen molar-refractivity contribution in [3.8, 4) is 29.1 Å². The molecule has 13 nitrogen and oxygen atoms in total. The van der Waals surface area contributed by atoms with Gasteiger partial charge in [-0.1, -0.05) is 89.3 Å². The third-order valence-electron chi connectivity index (χ3n) is 11.3. The maximum absolute atomic E-state index is 11.8. The Morgan fingerprint density at radius 3 is 2.16 bits per heavy atom. The smallest absolute Gasteiger partial charge is 0.294 e. The van der Waals surface area contributed by atoms with Crippen molar-refractivity contribution in [3.05, 3.63) is 57.6 Å². The quantitative estimate of drug-likeness (QED) is 0.0502. The first-order valence-corrected chi connectivity index (χ1v) is 21.0. The highest BCUT2D eigenvalue weighted by Crippen LogP contribution is 2.44. The molecule has 318 valence electrons. The van der Waals surface area contributed by atoms with E-state index in [0.717, 1.165) is 56.3 Å². The van der Waals surface area contributed by atoms with E-state index >= 15 is 0 Å². The van der Waals surface area contributed by atoms with Crippen LogP contribution in [0.2, 0.25) is 0 Å². The molecular weight excluding hydrogens is 727 g/mol. The largest absolute Gasteiger partial charge is 0.493 e. The molecule has 4 unspecified atom stereocenters. The molecule has 0 aromatic heterocycles. The summed E-state index contributed by atoms with van der Waals surface area (Å²) in [6, 6.07) is 14.5. The molecule has 1 saturated heterocycles. The minimum atomic E-state index is -0.755. The molecule has 1 N–H and O–H groups in total. The number of methoxy groups -OCH3 is 3. The number of nitrogens with one attached hydrogen (secondary N) is 1. The zero-order valence-corrected chi connectivity index (χ0v) is 35.7. The summed E-state index contributed by atoms with van der Waals surface area (Å²) in [5, 5.41) is 23.1. The Balaban J connectivity index is 1.68. The number of carbonyl (C=O) groups excluding carboxylic acids is 1. The number of piperidine rings is 1. The van der Waals surface area contributed by atoms with Crippen LogP contribution in [0.3, 0.4) is 0 Å². The Morgan fingerprint density at radius 1 is 0.965 bits per heavy atom. The average molecular weight is 796 g/mol. The highest BCUT2D eigenvalue weighted by Gasteiger charge is 2.37. The standard InChI is InChI=1S/C44H69N5O8/c1-8-9-10-11-12-13-14-15-16-19-25-44(33-45,37-30-40(53-5)43(55-7)41(31-37)54-6)26-20-27-47(4)28-23-36-21-17-18-22-39(36)56-42-32-48(46-35(3)50)29-24-38(42)34(2)57-49(51)52/h17-18,21-22,30-31,34,38,42H,8-16,19-20,23-29,32H2,1-7H3,(H,46,50). The maximum Gasteiger partial charge on any atom is 0.294 e. The third kappa shape index (κ3) is 15.2. The lowest BCUT2D eigenvalue weighted by molar-refractivity contribution is -0.770. The molecule has 4 atom stereocenters. The molecule has 2 aromatic rings. The minimum Gasteiger partial charge on any atom is -0.493 e. The molecule has 1 amide bonds. The zero-order chi connectivity index (χ0) is 41.6. The van der Waals surface area contributed by atoms with Crippen LogP contribution < -0.4 is 24.4 Å². The summed E-state index contributed by atoms with van der Waals surface area (Å²) in [6.45, 7) is 7.86. The predicted molar refractivity (Wildman–Crippen MR) is 222 cm³/mol. The first kappa shape index (κ1) is 47.1. The van der Waals surface area contributed by atoms with Crippen molar-refractivity contribution in [1.29, 1.82) is 5.26 Å². The fraction of sp³-hybridized carbons (Fsp3) is 0.682. The normalized spacial score (nSPS) is 17.2. The van der Waals surface area contributed by atoms with Crippen molar-refractivity contribution < 1.29 is 33.7 Å². The summed E-state index contributed by atoms with van der Waals surface area (Å²) < 4.78 is 23.6. The van der Waals surface area contributed by atoms with Gasteiger partial charge in [0.05, 0.1) is 39.4 Å². The van der Waals surface area contributed by atoms with Crippen molar-refractivity contribution >= 4 is 5.91 Å². The second-order valence-corrected chi connectivity index (χ2v) is 15.6. The van der Waals surface area contributed by atoms with Crippen molar-refractivity contribution in [2.24, 2.45) is 5.92 Å². The fourth-order valence-corrected chi connectivity index (χ4v) is 8.06. The second-order valence-electron chi connectivity index (χ2n) is 15.6. The highest BCUT2D eigenvalue weighted by atomic mass is 17.0. The summed E-state index contributed by atoms with van der Waals surface area (Å²) >= 11 is 0. The van der Waals surface area contributed by atoms with Gasteiger partial charge in [-0.25, -0.2) is 5.01 Å². The van der Waals surface area contributed by atoms with E-state index in [1.165, 1.54) is 58.3 Å². The van der Waals surface area contributed by atoms with Crippen molar-refractivity contribution in [2.75, 3.05) is 54.6 Å². The number of likely N-dealkylation sites (N-methyl/N-ethyl adjacent to an activating group) is 1. The van der Waals surface area contributed by atoms with Gasteiger partial charge in [0.25, 0.3) is 5.09 Å². The molecule has 0 spiro atoms. The molecule has 0 aliphatic carbocycles. The van der Waals surface area contributed by atoms with Crippen LogP contribution in [-0.4, -0.2) is 87.7 Å². The van der Waals surface area contributed by atoms with Crippen molar-refractivity contribution in [3.63, 3.8) is 0 Å². The fourth-order valence-electron chi connectivity index (χ4n) is 8.06. The van der Waals surface area contributed by atoms with Crippen LogP contribution in [0.5, 0.6) is 23.0 Å². The van der Waals surface area contributed by atoms with E-state index in [9.17, 15) is 20.2 Å². The highest BCUT2D eigenvalue weighted by molar-refractivity contribution is 5.72. The van der Waals surface area contributed by atoms with E-state index in [2.05, 4.69) is 30.4 Å². The Morgan fingerprint density at radius 2 is 1.58 bits per heavy atom. The third-order valence-corrected chi connectivity index (χ3v) is 11.3. The Labute approximate surface area is 341 Å². The lowest BCUT2D eigenvalue weighted by Gasteiger charge is -2.40. The molecule has 13 heteroatoms. The molecule has 1 aliphatic rings. The van der Waals surface area contributed by atoms with Crippen molar-refractivity contribution in [1.82, 2.24) is 15.3 Å². The summed E-state index contributed by atoms with van der Waals surface area (Å²) in [4.78, 5) is 30.2. The van der Waals surface area contributed by atoms with E-state index in [0.29, 0.717) is 48.9 Å². The predicted octanol–water partition coefficient (Wildman–Crippen LogP) is 8.46. The second kappa shape index (κ2) is 25.2. The van der Waals surface area contributed by atoms with Gasteiger partial charge in [0, 0.05) is 25.9 Å². The Bertz CT molecular complexity index is 1530. The average Bonchev–Trinajstić information content (AvgIpc) is 3.19. The molecule has 0 bridgehead atoms. The van der Waals surface area contributed by atoms with Crippen LogP contribution in [-0.2, 0) is 21.5 Å². The van der Waals surface area contributed by atoms with Crippen LogP contribution in [0.1, 0.15) is 122 Å². The van der Waals surface area contributed by atoms with E-state index in [-0.39, 0.29) is 11.8 Å². The number of rotatable bonds is 28. The van der Waals surface area contributed by atoms with Crippen LogP contribution >= 0.6 is 0 Å². The first-order valence-electron chi connectivity index (χ1n) is 21.0. The maximum atomic E-state index is 11.8. The molecular formula is C44H69N5O8. The number of nitrogens with zero attached hydrogens (tertiary/aromatic N) is 4. The van der Waals surface area contributed by atoms with Gasteiger partial charge in [-0.05, 0) is 81.9 Å². The SMILES string of the molecule is CCCCCCCCCCCCC(C#N)(CCCN(C)CCc1ccccc1OC1CN(NC(C)=O)CCC1C(C)O[N+](=O)[O-])c1cc(OC)c(OC)c(OC)c1. The van der Waals surface area contributed by atoms with Gasteiger partial charge in [-0.3, -0.25) is 10.2 Å².